The Hall–Kier alpha value is -4.06. The molecule has 0 unspecified atom stereocenters. The van der Waals surface area contributed by atoms with Crippen LogP contribution in [0.2, 0.25) is 0 Å². The fourth-order valence-electron chi connectivity index (χ4n) is 3.59. The minimum Gasteiger partial charge on any atom is -0.496 e. The van der Waals surface area contributed by atoms with E-state index in [1.54, 1.807) is 26.5 Å². The predicted octanol–water partition coefficient (Wildman–Crippen LogP) is 6.30. The third kappa shape index (κ3) is 4.21. The fourth-order valence-corrected chi connectivity index (χ4v) is 3.59. The average Bonchev–Trinajstić information content (AvgIpc) is 3.22. The first kappa shape index (κ1) is 21.2. The highest BCUT2D eigenvalue weighted by Gasteiger charge is 2.17. The number of ether oxygens (including phenoxy) is 2. The number of hydrogen-bond acceptors (Lipinski definition) is 4. The van der Waals surface area contributed by atoms with E-state index in [9.17, 15) is 9.18 Å². The van der Waals surface area contributed by atoms with Gasteiger partial charge in [-0.1, -0.05) is 18.2 Å². The highest BCUT2D eigenvalue weighted by atomic mass is 19.1. The smallest absolute Gasteiger partial charge is 0.248 e. The van der Waals surface area contributed by atoms with Crippen LogP contribution in [0.5, 0.6) is 11.5 Å². The summed E-state index contributed by atoms with van der Waals surface area (Å²) in [5.74, 6) is 0.632. The minimum atomic E-state index is -0.362. The molecule has 4 aromatic rings. The number of amides is 1. The molecule has 1 aromatic heterocycles. The number of benzene rings is 3. The van der Waals surface area contributed by atoms with Gasteiger partial charge < -0.3 is 19.2 Å². The van der Waals surface area contributed by atoms with Crippen LogP contribution in [0.4, 0.5) is 10.1 Å². The number of nitrogens with one attached hydrogen (secondary N) is 1. The molecule has 0 spiro atoms. The molecule has 1 heterocycles. The molecule has 0 aliphatic heterocycles. The van der Waals surface area contributed by atoms with Crippen molar-refractivity contribution in [2.45, 2.75) is 6.92 Å². The zero-order chi connectivity index (χ0) is 22.7. The molecule has 4 rings (SSSR count). The number of carbonyl (C=O) groups is 1. The molecule has 162 valence electrons. The van der Waals surface area contributed by atoms with E-state index in [4.69, 9.17) is 13.9 Å². The van der Waals surface area contributed by atoms with Crippen molar-refractivity contribution in [2.24, 2.45) is 0 Å². The fraction of sp³-hybridized carbons (Fsp3) is 0.115. The van der Waals surface area contributed by atoms with Gasteiger partial charge in [-0.05, 0) is 48.9 Å². The molecule has 0 fully saturated rings. The molecular weight excluding hydrogens is 409 g/mol. The lowest BCUT2D eigenvalue weighted by Gasteiger charge is -2.11. The summed E-state index contributed by atoms with van der Waals surface area (Å²) in [6, 6.07) is 17.0. The predicted molar refractivity (Wildman–Crippen MR) is 123 cm³/mol. The molecule has 0 saturated carbocycles. The lowest BCUT2D eigenvalue weighted by atomic mass is 9.98. The number of carbonyl (C=O) groups excluding carboxylic acids is 1. The summed E-state index contributed by atoms with van der Waals surface area (Å²) in [5.41, 5.74) is 4.42. The molecule has 5 nitrogen and oxygen atoms in total. The largest absolute Gasteiger partial charge is 0.496 e. The maximum atomic E-state index is 13.1. The number of furan rings is 1. The van der Waals surface area contributed by atoms with E-state index < -0.39 is 0 Å². The van der Waals surface area contributed by atoms with Gasteiger partial charge in [0.2, 0.25) is 5.91 Å². The maximum Gasteiger partial charge on any atom is 0.248 e. The van der Waals surface area contributed by atoms with Crippen LogP contribution in [-0.2, 0) is 4.79 Å². The Morgan fingerprint density at radius 2 is 1.69 bits per heavy atom. The number of halogens is 1. The van der Waals surface area contributed by atoms with Crippen molar-refractivity contribution in [2.75, 3.05) is 19.5 Å². The molecule has 1 N–H and O–H groups in total. The molecule has 32 heavy (non-hydrogen) atoms. The van der Waals surface area contributed by atoms with Gasteiger partial charge in [-0.3, -0.25) is 4.79 Å². The van der Waals surface area contributed by atoms with Gasteiger partial charge in [0.15, 0.2) is 0 Å². The Balaban J connectivity index is 1.73. The van der Waals surface area contributed by atoms with Gasteiger partial charge in [-0.15, -0.1) is 0 Å². The summed E-state index contributed by atoms with van der Waals surface area (Å²) in [7, 11) is 3.20. The van der Waals surface area contributed by atoms with Crippen molar-refractivity contribution in [3.63, 3.8) is 0 Å². The zero-order valence-corrected chi connectivity index (χ0v) is 17.9. The van der Waals surface area contributed by atoms with E-state index in [2.05, 4.69) is 5.32 Å². The number of para-hydroxylation sites is 1. The van der Waals surface area contributed by atoms with Gasteiger partial charge >= 0.3 is 0 Å². The van der Waals surface area contributed by atoms with Crippen LogP contribution in [-0.4, -0.2) is 20.1 Å². The van der Waals surface area contributed by atoms with Crippen molar-refractivity contribution >= 4 is 28.1 Å². The maximum absolute atomic E-state index is 13.1. The van der Waals surface area contributed by atoms with Crippen molar-refractivity contribution in [1.82, 2.24) is 0 Å². The van der Waals surface area contributed by atoms with E-state index in [1.807, 2.05) is 37.3 Å². The second-order valence-corrected chi connectivity index (χ2v) is 7.22. The number of allylic oxidation sites excluding steroid dienone is 1. The number of anilines is 1. The summed E-state index contributed by atoms with van der Waals surface area (Å²) in [5, 5.41) is 3.61. The standard InChI is InChI=1S/C26H22FNO4/c1-16(12-26(29)28-18-10-8-17(27)9-11-18)20-13-21-22(15-32-25(21)14-24(20)31-3)19-6-4-5-7-23(19)30-2/h4-15H,1-3H3,(H,28,29)/b16-12+. The number of hydrogen-bond donors (Lipinski definition) is 1. The second-order valence-electron chi connectivity index (χ2n) is 7.22. The molecule has 3 aromatic carbocycles. The van der Waals surface area contributed by atoms with E-state index in [1.165, 1.54) is 30.3 Å². The first-order valence-electron chi connectivity index (χ1n) is 9.98. The second kappa shape index (κ2) is 8.98. The Labute approximate surface area is 185 Å². The monoisotopic (exact) mass is 431 g/mol. The Bertz CT molecular complexity index is 1310. The van der Waals surface area contributed by atoms with Crippen LogP contribution in [0.15, 0.2) is 77.4 Å². The normalized spacial score (nSPS) is 11.4. The molecule has 1 amide bonds. The molecule has 0 radical (unpaired) electrons. The Kier molecular flexibility index (Phi) is 5.94. The van der Waals surface area contributed by atoms with Gasteiger partial charge in [0.25, 0.3) is 0 Å². The first-order valence-corrected chi connectivity index (χ1v) is 9.98. The number of methoxy groups -OCH3 is 2. The lowest BCUT2D eigenvalue weighted by molar-refractivity contribution is -0.111. The van der Waals surface area contributed by atoms with Crippen LogP contribution in [0.1, 0.15) is 12.5 Å². The quantitative estimate of drug-likeness (QED) is 0.364. The van der Waals surface area contributed by atoms with Crippen molar-refractivity contribution in [3.05, 3.63) is 84.4 Å². The van der Waals surface area contributed by atoms with Crippen LogP contribution < -0.4 is 14.8 Å². The van der Waals surface area contributed by atoms with E-state index in [0.717, 1.165) is 27.8 Å². The van der Waals surface area contributed by atoms with Gasteiger partial charge in [-0.25, -0.2) is 4.39 Å². The highest BCUT2D eigenvalue weighted by molar-refractivity contribution is 6.05. The average molecular weight is 431 g/mol. The number of fused-ring (bicyclic) bond motifs is 1. The van der Waals surface area contributed by atoms with E-state index in [-0.39, 0.29) is 11.7 Å². The van der Waals surface area contributed by atoms with Crippen LogP contribution in [0.25, 0.3) is 27.7 Å². The summed E-state index contributed by atoms with van der Waals surface area (Å²) >= 11 is 0. The molecule has 6 heteroatoms. The summed E-state index contributed by atoms with van der Waals surface area (Å²) in [4.78, 5) is 12.5. The molecule has 0 atom stereocenters. The van der Waals surface area contributed by atoms with Crippen LogP contribution in [0.3, 0.4) is 0 Å². The summed E-state index contributed by atoms with van der Waals surface area (Å²) in [6.45, 7) is 1.83. The molecular formula is C26H22FNO4. The topological polar surface area (TPSA) is 60.7 Å². The van der Waals surface area contributed by atoms with Gasteiger partial charge in [0.1, 0.15) is 22.9 Å². The van der Waals surface area contributed by atoms with Crippen LogP contribution in [0, 0.1) is 5.82 Å². The number of rotatable bonds is 6. The van der Waals surface area contributed by atoms with Crippen molar-refractivity contribution in [1.29, 1.82) is 0 Å². The molecule has 0 bridgehead atoms. The van der Waals surface area contributed by atoms with Gasteiger partial charge in [0, 0.05) is 39.9 Å². The first-order chi connectivity index (χ1) is 15.5. The zero-order valence-electron chi connectivity index (χ0n) is 17.9. The van der Waals surface area contributed by atoms with Gasteiger partial charge in [0.05, 0.1) is 20.5 Å². The van der Waals surface area contributed by atoms with Crippen molar-refractivity contribution in [3.8, 4) is 22.6 Å². The Morgan fingerprint density at radius 3 is 2.41 bits per heavy atom. The molecule has 0 saturated heterocycles. The molecule has 0 aliphatic rings. The third-order valence-corrected chi connectivity index (χ3v) is 5.18. The van der Waals surface area contributed by atoms with Crippen molar-refractivity contribution < 1.29 is 23.1 Å². The summed E-state index contributed by atoms with van der Waals surface area (Å²) < 4.78 is 29.9. The van der Waals surface area contributed by atoms with E-state index in [0.29, 0.717) is 22.6 Å². The van der Waals surface area contributed by atoms with E-state index >= 15 is 0 Å². The summed E-state index contributed by atoms with van der Waals surface area (Å²) in [6.07, 6.45) is 3.17. The molecule has 0 aliphatic carbocycles. The Morgan fingerprint density at radius 1 is 0.969 bits per heavy atom. The highest BCUT2D eigenvalue weighted by Crippen LogP contribution is 2.40. The lowest BCUT2D eigenvalue weighted by Crippen LogP contribution is -2.08. The van der Waals surface area contributed by atoms with Gasteiger partial charge in [-0.2, -0.15) is 0 Å². The SMILES string of the molecule is COc1cc2occ(-c3ccccc3OC)c2cc1/C(C)=C/C(=O)Nc1ccc(F)cc1. The minimum absolute atomic E-state index is 0.326. The third-order valence-electron chi connectivity index (χ3n) is 5.18. The van der Waals surface area contributed by atoms with Crippen LogP contribution >= 0.6 is 0 Å².